The maximum atomic E-state index is 13.0. The summed E-state index contributed by atoms with van der Waals surface area (Å²) in [6, 6.07) is 14.6. The number of nitriles is 1. The summed E-state index contributed by atoms with van der Waals surface area (Å²) in [5.41, 5.74) is 3.27. The molecule has 2 amide bonds. The van der Waals surface area contributed by atoms with Gasteiger partial charge in [0, 0.05) is 30.4 Å². The van der Waals surface area contributed by atoms with Crippen molar-refractivity contribution in [1.82, 2.24) is 4.90 Å². The highest BCUT2D eigenvalue weighted by molar-refractivity contribution is 6.03. The monoisotopic (exact) mass is 401 g/mol. The van der Waals surface area contributed by atoms with Crippen LogP contribution in [0.25, 0.3) is 6.08 Å². The maximum absolute atomic E-state index is 13.0. The van der Waals surface area contributed by atoms with Gasteiger partial charge in [-0.15, -0.1) is 0 Å². The van der Waals surface area contributed by atoms with Crippen LogP contribution in [-0.2, 0) is 4.79 Å². The van der Waals surface area contributed by atoms with Crippen LogP contribution in [0.3, 0.4) is 0 Å². The number of hydrogen-bond donors (Lipinski definition) is 1. The number of likely N-dealkylation sites (tertiary alicyclic amines) is 1. The normalized spacial score (nSPS) is 18.8. The first-order valence-electron chi connectivity index (χ1n) is 10.3. The zero-order chi connectivity index (χ0) is 21.7. The molecule has 154 valence electrons. The average molecular weight is 402 g/mol. The number of nitrogens with zero attached hydrogens (tertiary/aromatic N) is 2. The van der Waals surface area contributed by atoms with Crippen LogP contribution in [0, 0.1) is 30.1 Å². The minimum Gasteiger partial charge on any atom is -0.338 e. The number of carbonyl (C=O) groups is 2. The second kappa shape index (κ2) is 9.41. The van der Waals surface area contributed by atoms with Crippen LogP contribution in [0.4, 0.5) is 5.69 Å². The third kappa shape index (κ3) is 5.15. The Morgan fingerprint density at radius 1 is 1.13 bits per heavy atom. The van der Waals surface area contributed by atoms with E-state index in [1.807, 2.05) is 30.0 Å². The van der Waals surface area contributed by atoms with Crippen LogP contribution in [0.1, 0.15) is 47.3 Å². The standard InChI is InChI=1S/C25H27N3O2/c1-17-12-18(2)16-28(15-17)25(30)21-9-8-19(3)23(13-21)27-24(29)11-10-20-6-4-5-7-22(20)14-26/h4-11,13,17-18H,12,15-16H2,1-3H3,(H,27,29)/b11-10+. The lowest BCUT2D eigenvalue weighted by Gasteiger charge is -2.35. The molecule has 2 unspecified atom stereocenters. The fourth-order valence-corrected chi connectivity index (χ4v) is 3.99. The van der Waals surface area contributed by atoms with Crippen molar-refractivity contribution in [3.8, 4) is 6.07 Å². The van der Waals surface area contributed by atoms with Crippen molar-refractivity contribution < 1.29 is 9.59 Å². The van der Waals surface area contributed by atoms with Gasteiger partial charge >= 0.3 is 0 Å². The second-order valence-electron chi connectivity index (χ2n) is 8.21. The number of anilines is 1. The zero-order valence-electron chi connectivity index (χ0n) is 17.7. The predicted molar refractivity (Wildman–Crippen MR) is 119 cm³/mol. The summed E-state index contributed by atoms with van der Waals surface area (Å²) in [4.78, 5) is 27.3. The van der Waals surface area contributed by atoms with Gasteiger partial charge in [-0.2, -0.15) is 5.26 Å². The third-order valence-corrected chi connectivity index (χ3v) is 5.39. The lowest BCUT2D eigenvalue weighted by molar-refractivity contribution is -0.111. The van der Waals surface area contributed by atoms with Crippen molar-refractivity contribution in [3.63, 3.8) is 0 Å². The molecule has 2 atom stereocenters. The van der Waals surface area contributed by atoms with Gasteiger partial charge in [-0.1, -0.05) is 38.1 Å². The van der Waals surface area contributed by atoms with Crippen molar-refractivity contribution in [2.24, 2.45) is 11.8 Å². The summed E-state index contributed by atoms with van der Waals surface area (Å²) in [7, 11) is 0. The minimum absolute atomic E-state index is 0.00221. The van der Waals surface area contributed by atoms with Gasteiger partial charge in [0.1, 0.15) is 0 Å². The highest BCUT2D eigenvalue weighted by Gasteiger charge is 2.26. The Hall–Kier alpha value is -3.39. The second-order valence-corrected chi connectivity index (χ2v) is 8.21. The molecule has 0 saturated carbocycles. The molecule has 0 radical (unpaired) electrons. The van der Waals surface area contributed by atoms with Gasteiger partial charge in [0.25, 0.3) is 5.91 Å². The molecule has 30 heavy (non-hydrogen) atoms. The first-order chi connectivity index (χ1) is 14.4. The molecule has 5 heteroatoms. The van der Waals surface area contributed by atoms with Crippen LogP contribution in [-0.4, -0.2) is 29.8 Å². The van der Waals surface area contributed by atoms with E-state index in [4.69, 9.17) is 5.26 Å². The van der Waals surface area contributed by atoms with E-state index in [1.54, 1.807) is 30.3 Å². The van der Waals surface area contributed by atoms with E-state index < -0.39 is 0 Å². The number of piperidine rings is 1. The molecule has 0 bridgehead atoms. The number of hydrogen-bond acceptors (Lipinski definition) is 3. The first kappa shape index (κ1) is 21.3. The molecule has 1 saturated heterocycles. The molecule has 1 fully saturated rings. The average Bonchev–Trinajstić information content (AvgIpc) is 2.72. The van der Waals surface area contributed by atoms with E-state index in [0.29, 0.717) is 34.2 Å². The summed E-state index contributed by atoms with van der Waals surface area (Å²) in [6.45, 7) is 7.77. The van der Waals surface area contributed by atoms with Gasteiger partial charge in [-0.3, -0.25) is 9.59 Å². The molecular formula is C25H27N3O2. The van der Waals surface area contributed by atoms with Crippen LogP contribution < -0.4 is 5.32 Å². The number of carbonyl (C=O) groups excluding carboxylic acids is 2. The van der Waals surface area contributed by atoms with E-state index in [0.717, 1.165) is 25.1 Å². The number of benzene rings is 2. The SMILES string of the molecule is Cc1ccc(C(=O)N2CC(C)CC(C)C2)cc1NC(=O)/C=C/c1ccccc1C#N. The maximum Gasteiger partial charge on any atom is 0.253 e. The van der Waals surface area contributed by atoms with Gasteiger partial charge in [0.2, 0.25) is 5.91 Å². The summed E-state index contributed by atoms with van der Waals surface area (Å²) in [5.74, 6) is 0.672. The smallest absolute Gasteiger partial charge is 0.253 e. The van der Waals surface area contributed by atoms with Crippen LogP contribution in [0.2, 0.25) is 0 Å². The molecule has 1 aliphatic rings. The Bertz CT molecular complexity index is 1010. The molecule has 0 aliphatic carbocycles. The highest BCUT2D eigenvalue weighted by Crippen LogP contribution is 2.24. The summed E-state index contributed by atoms with van der Waals surface area (Å²) in [6.07, 6.45) is 4.16. The quantitative estimate of drug-likeness (QED) is 0.759. The van der Waals surface area contributed by atoms with Gasteiger partial charge in [0.15, 0.2) is 0 Å². The zero-order valence-corrected chi connectivity index (χ0v) is 17.7. The van der Waals surface area contributed by atoms with E-state index in [2.05, 4.69) is 25.2 Å². The largest absolute Gasteiger partial charge is 0.338 e. The number of rotatable bonds is 4. The Morgan fingerprint density at radius 3 is 2.53 bits per heavy atom. The van der Waals surface area contributed by atoms with Crippen LogP contribution in [0.15, 0.2) is 48.5 Å². The number of aryl methyl sites for hydroxylation is 1. The van der Waals surface area contributed by atoms with Gasteiger partial charge < -0.3 is 10.2 Å². The van der Waals surface area contributed by atoms with E-state index in [9.17, 15) is 9.59 Å². The number of amides is 2. The van der Waals surface area contributed by atoms with Crippen molar-refractivity contribution >= 4 is 23.6 Å². The third-order valence-electron chi connectivity index (χ3n) is 5.39. The molecule has 0 aromatic heterocycles. The molecule has 5 nitrogen and oxygen atoms in total. The fraction of sp³-hybridized carbons (Fsp3) is 0.320. The Kier molecular flexibility index (Phi) is 6.68. The van der Waals surface area contributed by atoms with E-state index in [1.165, 1.54) is 6.08 Å². The van der Waals surface area contributed by atoms with Gasteiger partial charge in [0.05, 0.1) is 11.6 Å². The van der Waals surface area contributed by atoms with E-state index in [-0.39, 0.29) is 11.8 Å². The van der Waals surface area contributed by atoms with Crippen LogP contribution in [0.5, 0.6) is 0 Å². The number of nitrogens with one attached hydrogen (secondary N) is 1. The molecule has 2 aromatic rings. The van der Waals surface area contributed by atoms with Gasteiger partial charge in [-0.25, -0.2) is 0 Å². The molecule has 3 rings (SSSR count). The van der Waals surface area contributed by atoms with Crippen molar-refractivity contribution in [1.29, 1.82) is 5.26 Å². The molecule has 1 aliphatic heterocycles. The minimum atomic E-state index is -0.310. The summed E-state index contributed by atoms with van der Waals surface area (Å²) < 4.78 is 0. The molecule has 2 aromatic carbocycles. The predicted octanol–water partition coefficient (Wildman–Crippen LogP) is 4.64. The lowest BCUT2D eigenvalue weighted by atomic mass is 9.91. The molecule has 1 N–H and O–H groups in total. The van der Waals surface area contributed by atoms with Crippen molar-refractivity contribution in [2.45, 2.75) is 27.2 Å². The highest BCUT2D eigenvalue weighted by atomic mass is 16.2. The van der Waals surface area contributed by atoms with Crippen LogP contribution >= 0.6 is 0 Å². The summed E-state index contributed by atoms with van der Waals surface area (Å²) >= 11 is 0. The van der Waals surface area contributed by atoms with Crippen molar-refractivity contribution in [2.75, 3.05) is 18.4 Å². The fourth-order valence-electron chi connectivity index (χ4n) is 3.99. The molecule has 1 heterocycles. The Balaban J connectivity index is 1.74. The summed E-state index contributed by atoms with van der Waals surface area (Å²) in [5, 5.41) is 12.0. The molecule has 0 spiro atoms. The van der Waals surface area contributed by atoms with Gasteiger partial charge in [-0.05, 0) is 60.6 Å². The molecular weight excluding hydrogens is 374 g/mol. The van der Waals surface area contributed by atoms with E-state index >= 15 is 0 Å². The Morgan fingerprint density at radius 2 is 1.83 bits per heavy atom. The lowest BCUT2D eigenvalue weighted by Crippen LogP contribution is -2.42. The first-order valence-corrected chi connectivity index (χ1v) is 10.3. The van der Waals surface area contributed by atoms with Crippen molar-refractivity contribution in [3.05, 3.63) is 70.8 Å². The topological polar surface area (TPSA) is 73.2 Å². The Labute approximate surface area is 178 Å².